The number of nitrogens with zero attached hydrogens (tertiary/aromatic N) is 1. The number of anilines is 1. The molecule has 0 aromatic heterocycles. The molecule has 2 heterocycles. The Labute approximate surface area is 156 Å². The number of rotatable bonds is 3. The van der Waals surface area contributed by atoms with Crippen LogP contribution in [0.25, 0.3) is 0 Å². The minimum absolute atomic E-state index is 0.00630. The molecule has 2 aliphatic rings. The number of amides is 1. The average Bonchev–Trinajstić information content (AvgIpc) is 3.07. The maximum absolute atomic E-state index is 13.0. The molecule has 0 saturated carbocycles. The maximum Gasteiger partial charge on any atom is 0.227 e. The van der Waals surface area contributed by atoms with Crippen molar-refractivity contribution < 1.29 is 9.90 Å². The lowest BCUT2D eigenvalue weighted by Crippen LogP contribution is -2.43. The Hall–Kier alpha value is -1.85. The second-order valence-corrected chi connectivity index (χ2v) is 7.73. The number of aliphatic hydroxyl groups excluding tert-OH is 1. The zero-order valence-electron chi connectivity index (χ0n) is 13.9. The number of benzene rings is 2. The summed E-state index contributed by atoms with van der Waals surface area (Å²) in [7, 11) is 0. The molecule has 0 spiro atoms. The molecule has 3 atom stereocenters. The molecule has 2 N–H and O–H groups in total. The topological polar surface area (TPSA) is 52.6 Å². The van der Waals surface area contributed by atoms with Gasteiger partial charge in [-0.3, -0.25) is 4.79 Å². The van der Waals surface area contributed by atoms with Crippen LogP contribution in [-0.2, 0) is 11.2 Å². The van der Waals surface area contributed by atoms with Crippen molar-refractivity contribution in [3.05, 3.63) is 64.1 Å². The van der Waals surface area contributed by atoms with E-state index in [1.165, 1.54) is 0 Å². The van der Waals surface area contributed by atoms with Crippen molar-refractivity contribution in [2.24, 2.45) is 5.92 Å². The molecule has 1 fully saturated rings. The van der Waals surface area contributed by atoms with E-state index in [4.69, 9.17) is 0 Å². The third-order valence-corrected chi connectivity index (χ3v) is 5.84. The number of carbonyl (C=O) groups is 1. The fourth-order valence-electron chi connectivity index (χ4n) is 4.19. The summed E-state index contributed by atoms with van der Waals surface area (Å²) < 4.78 is 1.01. The zero-order valence-corrected chi connectivity index (χ0v) is 15.4. The van der Waals surface area contributed by atoms with Gasteiger partial charge in [-0.2, -0.15) is 0 Å². The standard InChI is InChI=1S/C20H21BrN2O2/c21-14-6-7-17-16(11-14)20-15(18(12-24)22-17)8-9-23(20)19(25)10-13-4-2-1-3-5-13/h1-7,11,15,18,20,22,24H,8-10,12H2/t15-,18-,20-/m1/s1. The third-order valence-electron chi connectivity index (χ3n) is 5.35. The maximum atomic E-state index is 13.0. The van der Waals surface area contributed by atoms with E-state index in [0.29, 0.717) is 6.42 Å². The molecule has 2 aliphatic heterocycles. The second-order valence-electron chi connectivity index (χ2n) is 6.81. The number of nitrogens with one attached hydrogen (secondary N) is 1. The number of carbonyl (C=O) groups excluding carboxylic acids is 1. The van der Waals surface area contributed by atoms with Crippen molar-refractivity contribution in [3.8, 4) is 0 Å². The normalized spacial score (nSPS) is 24.4. The van der Waals surface area contributed by atoms with Gasteiger partial charge >= 0.3 is 0 Å². The molecule has 0 unspecified atom stereocenters. The monoisotopic (exact) mass is 400 g/mol. The molecule has 4 nitrogen and oxygen atoms in total. The number of hydrogen-bond donors (Lipinski definition) is 2. The molecule has 0 aliphatic carbocycles. The zero-order chi connectivity index (χ0) is 17.4. The van der Waals surface area contributed by atoms with Gasteiger partial charge in [-0.05, 0) is 35.7 Å². The van der Waals surface area contributed by atoms with Gasteiger partial charge in [0.15, 0.2) is 0 Å². The Morgan fingerprint density at radius 2 is 2.04 bits per heavy atom. The van der Waals surface area contributed by atoms with E-state index >= 15 is 0 Å². The van der Waals surface area contributed by atoms with E-state index in [-0.39, 0.29) is 30.5 Å². The minimum atomic E-state index is -0.00630. The quantitative estimate of drug-likeness (QED) is 0.830. The fraction of sp³-hybridized carbons (Fsp3) is 0.350. The van der Waals surface area contributed by atoms with Crippen LogP contribution in [0, 0.1) is 5.92 Å². The van der Waals surface area contributed by atoms with Gasteiger partial charge in [0, 0.05) is 22.6 Å². The lowest BCUT2D eigenvalue weighted by Gasteiger charge is -2.39. The average molecular weight is 401 g/mol. The van der Waals surface area contributed by atoms with Gasteiger partial charge in [0.25, 0.3) is 0 Å². The van der Waals surface area contributed by atoms with Gasteiger partial charge < -0.3 is 15.3 Å². The lowest BCUT2D eigenvalue weighted by atomic mass is 9.83. The number of fused-ring (bicyclic) bond motifs is 3. The smallest absolute Gasteiger partial charge is 0.227 e. The third kappa shape index (κ3) is 3.07. The highest BCUT2D eigenvalue weighted by Crippen LogP contribution is 2.47. The van der Waals surface area contributed by atoms with E-state index in [0.717, 1.165) is 34.3 Å². The van der Waals surface area contributed by atoms with Gasteiger partial charge in [-0.15, -0.1) is 0 Å². The van der Waals surface area contributed by atoms with E-state index in [1.54, 1.807) is 0 Å². The number of hydrogen-bond acceptors (Lipinski definition) is 3. The molecular formula is C20H21BrN2O2. The summed E-state index contributed by atoms with van der Waals surface area (Å²) in [5, 5.41) is 13.2. The van der Waals surface area contributed by atoms with Crippen LogP contribution < -0.4 is 5.32 Å². The first-order chi connectivity index (χ1) is 12.2. The lowest BCUT2D eigenvalue weighted by molar-refractivity contribution is -0.131. The van der Waals surface area contributed by atoms with Crippen molar-refractivity contribution >= 4 is 27.5 Å². The van der Waals surface area contributed by atoms with Crippen LogP contribution in [0.1, 0.15) is 23.6 Å². The van der Waals surface area contributed by atoms with Crippen molar-refractivity contribution in [3.63, 3.8) is 0 Å². The Bertz CT molecular complexity index is 781. The van der Waals surface area contributed by atoms with Crippen LogP contribution in [0.2, 0.25) is 0 Å². The first-order valence-corrected chi connectivity index (χ1v) is 9.47. The molecule has 25 heavy (non-hydrogen) atoms. The highest BCUT2D eigenvalue weighted by Gasteiger charge is 2.45. The van der Waals surface area contributed by atoms with Gasteiger partial charge in [0.1, 0.15) is 0 Å². The Kier molecular flexibility index (Phi) is 4.52. The van der Waals surface area contributed by atoms with Crippen LogP contribution in [0.5, 0.6) is 0 Å². The van der Waals surface area contributed by atoms with Crippen LogP contribution in [0.3, 0.4) is 0 Å². The SMILES string of the molecule is O=C(Cc1ccccc1)N1CC[C@@H]2[C@@H](CO)Nc3ccc(Br)cc3[C@@H]21. The van der Waals surface area contributed by atoms with E-state index in [2.05, 4.69) is 27.3 Å². The van der Waals surface area contributed by atoms with Crippen LogP contribution >= 0.6 is 15.9 Å². The van der Waals surface area contributed by atoms with Crippen LogP contribution in [-0.4, -0.2) is 35.1 Å². The van der Waals surface area contributed by atoms with Crippen molar-refractivity contribution in [2.45, 2.75) is 24.9 Å². The summed E-state index contributed by atoms with van der Waals surface area (Å²) in [4.78, 5) is 15.0. The summed E-state index contributed by atoms with van der Waals surface area (Å²) >= 11 is 3.55. The van der Waals surface area contributed by atoms with Gasteiger partial charge in [0.05, 0.1) is 25.1 Å². The van der Waals surface area contributed by atoms with Crippen LogP contribution in [0.4, 0.5) is 5.69 Å². The van der Waals surface area contributed by atoms with Crippen LogP contribution in [0.15, 0.2) is 53.0 Å². The first-order valence-electron chi connectivity index (χ1n) is 8.67. The molecule has 5 heteroatoms. The van der Waals surface area contributed by atoms with Gasteiger partial charge in [0.2, 0.25) is 5.91 Å². The number of aliphatic hydroxyl groups is 1. The second kappa shape index (κ2) is 6.81. The van der Waals surface area contributed by atoms with E-state index in [1.807, 2.05) is 47.4 Å². The largest absolute Gasteiger partial charge is 0.394 e. The van der Waals surface area contributed by atoms with Crippen molar-refractivity contribution in [1.82, 2.24) is 4.90 Å². The molecule has 1 saturated heterocycles. The predicted molar refractivity (Wildman–Crippen MR) is 101 cm³/mol. The Morgan fingerprint density at radius 3 is 2.80 bits per heavy atom. The highest BCUT2D eigenvalue weighted by molar-refractivity contribution is 9.10. The summed E-state index contributed by atoms with van der Waals surface area (Å²) in [6.45, 7) is 0.822. The molecular weight excluding hydrogens is 380 g/mol. The molecule has 4 rings (SSSR count). The molecule has 130 valence electrons. The summed E-state index contributed by atoms with van der Waals surface area (Å²) in [6, 6.07) is 16.0. The molecule has 2 aromatic carbocycles. The molecule has 1 amide bonds. The van der Waals surface area contributed by atoms with Crippen molar-refractivity contribution in [2.75, 3.05) is 18.5 Å². The molecule has 2 aromatic rings. The first kappa shape index (κ1) is 16.6. The van der Waals surface area contributed by atoms with Crippen molar-refractivity contribution in [1.29, 1.82) is 0 Å². The number of halogens is 1. The van der Waals surface area contributed by atoms with Gasteiger partial charge in [-0.1, -0.05) is 46.3 Å². The Morgan fingerprint density at radius 1 is 1.24 bits per heavy atom. The predicted octanol–water partition coefficient (Wildman–Crippen LogP) is 3.37. The summed E-state index contributed by atoms with van der Waals surface area (Å²) in [5.41, 5.74) is 3.20. The highest BCUT2D eigenvalue weighted by atomic mass is 79.9. The molecule has 0 radical (unpaired) electrons. The molecule has 0 bridgehead atoms. The summed E-state index contributed by atoms with van der Waals surface area (Å²) in [6.07, 6.45) is 1.33. The number of likely N-dealkylation sites (tertiary alicyclic amines) is 1. The minimum Gasteiger partial charge on any atom is -0.394 e. The summed E-state index contributed by atoms with van der Waals surface area (Å²) in [5.74, 6) is 0.398. The Balaban J connectivity index is 1.66. The van der Waals surface area contributed by atoms with E-state index < -0.39 is 0 Å². The fourth-order valence-corrected chi connectivity index (χ4v) is 4.56. The van der Waals surface area contributed by atoms with Gasteiger partial charge in [-0.25, -0.2) is 0 Å². The van der Waals surface area contributed by atoms with E-state index in [9.17, 15) is 9.90 Å².